The molecule has 0 atom stereocenters. The summed E-state index contributed by atoms with van der Waals surface area (Å²) in [6.07, 6.45) is 0.998. The SMILES string of the molecule is CN=C(NCCCSc1ccc(F)cc1)NCc1nc(C(C)C)cs1.I. The average Bonchev–Trinajstić information content (AvgIpc) is 3.08. The molecule has 0 unspecified atom stereocenters. The van der Waals surface area contributed by atoms with Crippen molar-refractivity contribution >= 4 is 53.0 Å². The monoisotopic (exact) mass is 508 g/mol. The molecular weight excluding hydrogens is 482 g/mol. The van der Waals surface area contributed by atoms with E-state index in [4.69, 9.17) is 0 Å². The zero-order valence-corrected chi connectivity index (χ0v) is 19.3. The van der Waals surface area contributed by atoms with E-state index in [9.17, 15) is 4.39 Å². The van der Waals surface area contributed by atoms with Gasteiger partial charge in [-0.05, 0) is 42.4 Å². The number of benzene rings is 1. The van der Waals surface area contributed by atoms with Crippen LogP contribution in [0.5, 0.6) is 0 Å². The quantitative estimate of drug-likeness (QED) is 0.176. The number of nitrogens with one attached hydrogen (secondary N) is 2. The van der Waals surface area contributed by atoms with Gasteiger partial charge in [-0.3, -0.25) is 4.99 Å². The van der Waals surface area contributed by atoms with Gasteiger partial charge in [0, 0.05) is 23.9 Å². The van der Waals surface area contributed by atoms with Crippen LogP contribution in [0.15, 0.2) is 39.5 Å². The number of rotatable bonds is 8. The fourth-order valence-electron chi connectivity index (χ4n) is 2.05. The molecular formula is C18H26FIN4S2. The van der Waals surface area contributed by atoms with E-state index in [1.54, 1.807) is 30.1 Å². The van der Waals surface area contributed by atoms with Crippen molar-refractivity contribution in [1.82, 2.24) is 15.6 Å². The zero-order valence-electron chi connectivity index (χ0n) is 15.3. The van der Waals surface area contributed by atoms with Crippen molar-refractivity contribution in [2.45, 2.75) is 37.6 Å². The van der Waals surface area contributed by atoms with Crippen LogP contribution in [0.25, 0.3) is 0 Å². The van der Waals surface area contributed by atoms with E-state index in [1.165, 1.54) is 12.1 Å². The van der Waals surface area contributed by atoms with Crippen molar-refractivity contribution in [3.63, 3.8) is 0 Å². The molecule has 4 nitrogen and oxygen atoms in total. The van der Waals surface area contributed by atoms with Crippen LogP contribution in [0.4, 0.5) is 4.39 Å². The normalized spacial score (nSPS) is 11.3. The number of halogens is 2. The van der Waals surface area contributed by atoms with Crippen molar-refractivity contribution in [1.29, 1.82) is 0 Å². The zero-order chi connectivity index (χ0) is 18.1. The maximum atomic E-state index is 12.9. The summed E-state index contributed by atoms with van der Waals surface area (Å²) in [5.74, 6) is 2.02. The van der Waals surface area contributed by atoms with Gasteiger partial charge in [0.05, 0.1) is 12.2 Å². The second kappa shape index (κ2) is 12.5. The molecule has 1 heterocycles. The Bertz CT molecular complexity index is 674. The third kappa shape index (κ3) is 8.22. The van der Waals surface area contributed by atoms with Gasteiger partial charge in [-0.2, -0.15) is 0 Å². The molecule has 0 aliphatic rings. The summed E-state index contributed by atoms with van der Waals surface area (Å²) in [6, 6.07) is 6.62. The summed E-state index contributed by atoms with van der Waals surface area (Å²) in [4.78, 5) is 9.93. The van der Waals surface area contributed by atoms with E-state index >= 15 is 0 Å². The summed E-state index contributed by atoms with van der Waals surface area (Å²) in [5, 5.41) is 9.78. The van der Waals surface area contributed by atoms with Gasteiger partial charge in [0.15, 0.2) is 5.96 Å². The first-order valence-corrected chi connectivity index (χ1v) is 10.2. The molecule has 2 aromatic rings. The Morgan fingerprint density at radius 3 is 2.62 bits per heavy atom. The van der Waals surface area contributed by atoms with Crippen LogP contribution in [0, 0.1) is 5.82 Å². The van der Waals surface area contributed by atoms with Gasteiger partial charge in [0.1, 0.15) is 10.8 Å². The first-order valence-electron chi connectivity index (χ1n) is 8.35. The molecule has 0 radical (unpaired) electrons. The van der Waals surface area contributed by atoms with E-state index in [0.717, 1.165) is 40.3 Å². The van der Waals surface area contributed by atoms with Crippen LogP contribution in [-0.4, -0.2) is 30.3 Å². The summed E-state index contributed by atoms with van der Waals surface area (Å²) in [7, 11) is 1.77. The third-order valence-electron chi connectivity index (χ3n) is 3.49. The minimum absolute atomic E-state index is 0. The highest BCUT2D eigenvalue weighted by atomic mass is 127. The molecule has 1 aromatic carbocycles. The fraction of sp³-hybridized carbons (Fsp3) is 0.444. The number of hydrogen-bond donors (Lipinski definition) is 2. The minimum Gasteiger partial charge on any atom is -0.356 e. The van der Waals surface area contributed by atoms with Crippen molar-refractivity contribution in [2.24, 2.45) is 4.99 Å². The van der Waals surface area contributed by atoms with Crippen molar-refractivity contribution in [2.75, 3.05) is 19.3 Å². The van der Waals surface area contributed by atoms with Crippen LogP contribution >= 0.6 is 47.1 Å². The van der Waals surface area contributed by atoms with Crippen LogP contribution in [0.1, 0.15) is 36.9 Å². The molecule has 0 saturated heterocycles. The molecule has 144 valence electrons. The molecule has 2 rings (SSSR count). The maximum Gasteiger partial charge on any atom is 0.191 e. The van der Waals surface area contributed by atoms with Gasteiger partial charge in [0.2, 0.25) is 0 Å². The van der Waals surface area contributed by atoms with Crippen molar-refractivity contribution < 1.29 is 4.39 Å². The molecule has 8 heteroatoms. The largest absolute Gasteiger partial charge is 0.356 e. The summed E-state index contributed by atoms with van der Waals surface area (Å²) in [5.41, 5.74) is 1.14. The number of hydrogen-bond acceptors (Lipinski definition) is 4. The Labute approximate surface area is 180 Å². The first kappa shape index (κ1) is 23.2. The lowest BCUT2D eigenvalue weighted by Crippen LogP contribution is -2.37. The second-order valence-corrected chi connectivity index (χ2v) is 7.94. The third-order valence-corrected chi connectivity index (χ3v) is 5.45. The fourth-order valence-corrected chi connectivity index (χ4v) is 3.80. The molecule has 0 spiro atoms. The number of aromatic nitrogens is 1. The van der Waals surface area contributed by atoms with Gasteiger partial charge >= 0.3 is 0 Å². The van der Waals surface area contributed by atoms with Crippen LogP contribution in [0.3, 0.4) is 0 Å². The lowest BCUT2D eigenvalue weighted by atomic mass is 10.2. The van der Waals surface area contributed by atoms with E-state index < -0.39 is 0 Å². The average molecular weight is 508 g/mol. The Morgan fingerprint density at radius 2 is 2.00 bits per heavy atom. The summed E-state index contributed by atoms with van der Waals surface area (Å²) in [6.45, 7) is 5.82. The molecule has 0 saturated carbocycles. The number of nitrogens with zero attached hydrogens (tertiary/aromatic N) is 2. The molecule has 0 aliphatic heterocycles. The predicted molar refractivity (Wildman–Crippen MR) is 122 cm³/mol. The van der Waals surface area contributed by atoms with E-state index in [-0.39, 0.29) is 29.8 Å². The minimum atomic E-state index is -0.193. The van der Waals surface area contributed by atoms with Crippen molar-refractivity contribution in [3.8, 4) is 0 Å². The Morgan fingerprint density at radius 1 is 1.27 bits per heavy atom. The predicted octanol–water partition coefficient (Wildman–Crippen LogP) is 4.87. The number of guanidine groups is 1. The smallest absolute Gasteiger partial charge is 0.191 e. The van der Waals surface area contributed by atoms with E-state index in [0.29, 0.717) is 12.5 Å². The Balaban J connectivity index is 0.00000338. The van der Waals surface area contributed by atoms with Crippen molar-refractivity contribution in [3.05, 3.63) is 46.2 Å². The number of thiazole rings is 1. The molecule has 2 N–H and O–H groups in total. The van der Waals surface area contributed by atoms with Crippen LogP contribution in [0.2, 0.25) is 0 Å². The number of thioether (sulfide) groups is 1. The molecule has 0 fully saturated rings. The Kier molecular flexibility index (Phi) is 11.1. The highest BCUT2D eigenvalue weighted by Crippen LogP contribution is 2.19. The lowest BCUT2D eigenvalue weighted by molar-refractivity contribution is 0.626. The van der Waals surface area contributed by atoms with E-state index in [2.05, 4.69) is 39.8 Å². The molecule has 0 bridgehead atoms. The second-order valence-electron chi connectivity index (χ2n) is 5.83. The van der Waals surface area contributed by atoms with Gasteiger partial charge in [-0.25, -0.2) is 9.37 Å². The maximum absolute atomic E-state index is 12.9. The summed E-state index contributed by atoms with van der Waals surface area (Å²) < 4.78 is 12.9. The lowest BCUT2D eigenvalue weighted by Gasteiger charge is -2.10. The van der Waals surface area contributed by atoms with Gasteiger partial charge < -0.3 is 10.6 Å². The van der Waals surface area contributed by atoms with Crippen LogP contribution < -0.4 is 10.6 Å². The molecule has 0 amide bonds. The first-order chi connectivity index (χ1) is 12.1. The van der Waals surface area contributed by atoms with Gasteiger partial charge in [0.25, 0.3) is 0 Å². The highest BCUT2D eigenvalue weighted by molar-refractivity contribution is 14.0. The highest BCUT2D eigenvalue weighted by Gasteiger charge is 2.06. The molecule has 1 aromatic heterocycles. The van der Waals surface area contributed by atoms with Gasteiger partial charge in [-0.1, -0.05) is 13.8 Å². The molecule has 26 heavy (non-hydrogen) atoms. The molecule has 0 aliphatic carbocycles. The number of aliphatic imine (C=N–C) groups is 1. The standard InChI is InChI=1S/C18H25FN4S2.HI/c1-13(2)16-12-25-17(23-16)11-22-18(20-3)21-9-4-10-24-15-7-5-14(19)6-8-15;/h5-8,12-13H,4,9-11H2,1-3H3,(H2,20,21,22);1H. The topological polar surface area (TPSA) is 49.3 Å². The van der Waals surface area contributed by atoms with E-state index in [1.807, 2.05) is 12.1 Å². The Hall–Kier alpha value is -0.870. The van der Waals surface area contributed by atoms with Gasteiger partial charge in [-0.15, -0.1) is 47.1 Å². The summed E-state index contributed by atoms with van der Waals surface area (Å²) >= 11 is 3.40. The van der Waals surface area contributed by atoms with Crippen LogP contribution in [-0.2, 0) is 6.54 Å².